The number of rotatable bonds is 9. The minimum absolute atomic E-state index is 0.0206. The summed E-state index contributed by atoms with van der Waals surface area (Å²) < 4.78 is 5.57. The number of aliphatic carboxylic acids is 1. The van der Waals surface area contributed by atoms with Crippen LogP contribution in [-0.4, -0.2) is 67.8 Å². The minimum Gasteiger partial charge on any atom is -0.492 e. The third-order valence-corrected chi connectivity index (χ3v) is 2.93. The van der Waals surface area contributed by atoms with Gasteiger partial charge in [0.05, 0.1) is 6.54 Å². The average molecular weight is 301 g/mol. The molecule has 0 saturated carbocycles. The number of benzene rings is 1. The minimum atomic E-state index is -0.827. The zero-order valence-corrected chi connectivity index (χ0v) is 12.6. The van der Waals surface area contributed by atoms with Gasteiger partial charge in [0.1, 0.15) is 12.4 Å². The lowest BCUT2D eigenvalue weighted by Crippen LogP contribution is -2.38. The standard InChI is InChI=1S/C14H21ClN2O3/c1-16(2)6-7-17(11-14(18)19)8-9-20-13-5-3-4-12(15)10-13/h3-5,10H,6-9,11H2,1-2H3,(H,18,19). The Morgan fingerprint density at radius 3 is 2.65 bits per heavy atom. The molecular formula is C14H21ClN2O3. The van der Waals surface area contributed by atoms with E-state index in [2.05, 4.69) is 0 Å². The summed E-state index contributed by atoms with van der Waals surface area (Å²) in [5.74, 6) is -0.133. The van der Waals surface area contributed by atoms with Crippen LogP contribution in [0.4, 0.5) is 0 Å². The normalized spacial score (nSPS) is 11.1. The predicted octanol–water partition coefficient (Wildman–Crippen LogP) is 1.67. The number of halogens is 1. The molecule has 5 nitrogen and oxygen atoms in total. The van der Waals surface area contributed by atoms with Crippen molar-refractivity contribution in [2.24, 2.45) is 0 Å². The second-order valence-electron chi connectivity index (χ2n) is 4.78. The number of carboxylic acids is 1. The Kier molecular flexibility index (Phi) is 7.36. The zero-order valence-electron chi connectivity index (χ0n) is 11.9. The van der Waals surface area contributed by atoms with E-state index in [1.165, 1.54) is 0 Å². The largest absolute Gasteiger partial charge is 0.492 e. The third kappa shape index (κ3) is 7.33. The Hall–Kier alpha value is -1.30. The third-order valence-electron chi connectivity index (χ3n) is 2.69. The maximum atomic E-state index is 10.8. The summed E-state index contributed by atoms with van der Waals surface area (Å²) >= 11 is 5.87. The quantitative estimate of drug-likeness (QED) is 0.752. The fourth-order valence-corrected chi connectivity index (χ4v) is 1.83. The molecule has 1 N–H and O–H groups in total. The molecule has 6 heteroatoms. The van der Waals surface area contributed by atoms with Crippen LogP contribution < -0.4 is 4.74 Å². The van der Waals surface area contributed by atoms with E-state index in [0.29, 0.717) is 30.5 Å². The predicted molar refractivity (Wildman–Crippen MR) is 79.6 cm³/mol. The molecule has 1 aromatic carbocycles. The molecule has 0 heterocycles. The molecule has 0 aromatic heterocycles. The van der Waals surface area contributed by atoms with Crippen LogP contribution >= 0.6 is 11.6 Å². The van der Waals surface area contributed by atoms with Gasteiger partial charge >= 0.3 is 5.97 Å². The second-order valence-corrected chi connectivity index (χ2v) is 5.22. The smallest absolute Gasteiger partial charge is 0.317 e. The summed E-state index contributed by atoms with van der Waals surface area (Å²) in [4.78, 5) is 14.7. The van der Waals surface area contributed by atoms with Crippen LogP contribution in [0.3, 0.4) is 0 Å². The van der Waals surface area contributed by atoms with Crippen LogP contribution in [-0.2, 0) is 4.79 Å². The Morgan fingerprint density at radius 1 is 1.30 bits per heavy atom. The SMILES string of the molecule is CN(C)CCN(CCOc1cccc(Cl)c1)CC(=O)O. The van der Waals surface area contributed by atoms with Gasteiger partial charge in [-0.2, -0.15) is 0 Å². The van der Waals surface area contributed by atoms with Crippen LogP contribution in [0.1, 0.15) is 0 Å². The average Bonchev–Trinajstić information content (AvgIpc) is 2.35. The topological polar surface area (TPSA) is 53.0 Å². The molecule has 1 aromatic rings. The van der Waals surface area contributed by atoms with Gasteiger partial charge in [-0.25, -0.2) is 0 Å². The first kappa shape index (κ1) is 16.8. The first-order chi connectivity index (χ1) is 9.47. The lowest BCUT2D eigenvalue weighted by Gasteiger charge is -2.22. The van der Waals surface area contributed by atoms with Crippen molar-refractivity contribution in [3.8, 4) is 5.75 Å². The second kappa shape index (κ2) is 8.79. The van der Waals surface area contributed by atoms with Gasteiger partial charge in [-0.1, -0.05) is 17.7 Å². The molecule has 112 valence electrons. The number of likely N-dealkylation sites (N-methyl/N-ethyl adjacent to an activating group) is 1. The van der Waals surface area contributed by atoms with Gasteiger partial charge in [-0.15, -0.1) is 0 Å². The van der Waals surface area contributed by atoms with Gasteiger partial charge in [-0.05, 0) is 32.3 Å². The highest BCUT2D eigenvalue weighted by Crippen LogP contribution is 2.16. The maximum absolute atomic E-state index is 10.8. The summed E-state index contributed by atoms with van der Waals surface area (Å²) in [5.41, 5.74) is 0. The van der Waals surface area contributed by atoms with Gasteiger partial charge in [0.25, 0.3) is 0 Å². The van der Waals surface area contributed by atoms with Crippen molar-refractivity contribution in [3.63, 3.8) is 0 Å². The summed E-state index contributed by atoms with van der Waals surface area (Å²) in [6, 6.07) is 7.16. The highest BCUT2D eigenvalue weighted by molar-refractivity contribution is 6.30. The molecule has 0 aliphatic heterocycles. The van der Waals surface area contributed by atoms with Crippen LogP contribution in [0.15, 0.2) is 24.3 Å². The molecule has 0 atom stereocenters. The number of carboxylic acid groups (broad SMARTS) is 1. The van der Waals surface area contributed by atoms with Crippen molar-refractivity contribution in [1.82, 2.24) is 9.80 Å². The Balaban J connectivity index is 2.38. The molecule has 1 rings (SSSR count). The van der Waals surface area contributed by atoms with Crippen LogP contribution in [0, 0.1) is 0 Å². The van der Waals surface area contributed by atoms with Crippen LogP contribution in [0.25, 0.3) is 0 Å². The molecule has 0 radical (unpaired) electrons. The fourth-order valence-electron chi connectivity index (χ4n) is 1.65. The molecule has 0 saturated heterocycles. The van der Waals surface area contributed by atoms with Crippen molar-refractivity contribution < 1.29 is 14.6 Å². The van der Waals surface area contributed by atoms with E-state index in [-0.39, 0.29) is 6.54 Å². The summed E-state index contributed by atoms with van der Waals surface area (Å²) in [6.07, 6.45) is 0. The summed E-state index contributed by atoms with van der Waals surface area (Å²) in [5, 5.41) is 9.51. The molecule has 0 fully saturated rings. The lowest BCUT2D eigenvalue weighted by atomic mass is 10.3. The van der Waals surface area contributed by atoms with E-state index in [1.807, 2.05) is 36.0 Å². The van der Waals surface area contributed by atoms with Crippen LogP contribution in [0.5, 0.6) is 5.75 Å². The van der Waals surface area contributed by atoms with Crippen molar-refractivity contribution in [2.75, 3.05) is 46.9 Å². The van der Waals surface area contributed by atoms with Crippen molar-refractivity contribution in [1.29, 1.82) is 0 Å². The van der Waals surface area contributed by atoms with E-state index in [4.69, 9.17) is 21.4 Å². The van der Waals surface area contributed by atoms with Gasteiger partial charge in [0, 0.05) is 24.7 Å². The van der Waals surface area contributed by atoms with Gasteiger partial charge in [0.15, 0.2) is 0 Å². The number of nitrogens with zero attached hydrogens (tertiary/aromatic N) is 2. The highest BCUT2D eigenvalue weighted by atomic mass is 35.5. The number of hydrogen-bond donors (Lipinski definition) is 1. The molecule has 0 aliphatic rings. The monoisotopic (exact) mass is 300 g/mol. The zero-order chi connectivity index (χ0) is 15.0. The maximum Gasteiger partial charge on any atom is 0.317 e. The van der Waals surface area contributed by atoms with E-state index < -0.39 is 5.97 Å². The lowest BCUT2D eigenvalue weighted by molar-refractivity contribution is -0.138. The number of carbonyl (C=O) groups is 1. The first-order valence-corrected chi connectivity index (χ1v) is 6.82. The van der Waals surface area contributed by atoms with E-state index in [0.717, 1.165) is 6.54 Å². The van der Waals surface area contributed by atoms with E-state index in [1.54, 1.807) is 12.1 Å². The van der Waals surface area contributed by atoms with Crippen LogP contribution in [0.2, 0.25) is 5.02 Å². The number of hydrogen-bond acceptors (Lipinski definition) is 4. The molecule has 0 spiro atoms. The van der Waals surface area contributed by atoms with Crippen molar-refractivity contribution in [3.05, 3.63) is 29.3 Å². The Labute approximate surface area is 124 Å². The van der Waals surface area contributed by atoms with Gasteiger partial charge < -0.3 is 14.7 Å². The highest BCUT2D eigenvalue weighted by Gasteiger charge is 2.10. The van der Waals surface area contributed by atoms with Crippen molar-refractivity contribution >= 4 is 17.6 Å². The molecule has 0 amide bonds. The number of ether oxygens (including phenoxy) is 1. The fraction of sp³-hybridized carbons (Fsp3) is 0.500. The van der Waals surface area contributed by atoms with Gasteiger partial charge in [-0.3, -0.25) is 9.69 Å². The Morgan fingerprint density at radius 2 is 2.05 bits per heavy atom. The summed E-state index contributed by atoms with van der Waals surface area (Å²) in [7, 11) is 3.92. The molecule has 0 bridgehead atoms. The van der Waals surface area contributed by atoms with Gasteiger partial charge in [0.2, 0.25) is 0 Å². The first-order valence-electron chi connectivity index (χ1n) is 6.44. The summed E-state index contributed by atoms with van der Waals surface area (Å²) in [6.45, 7) is 2.52. The molecule has 20 heavy (non-hydrogen) atoms. The van der Waals surface area contributed by atoms with Crippen molar-refractivity contribution in [2.45, 2.75) is 0 Å². The molecule has 0 unspecified atom stereocenters. The molecular weight excluding hydrogens is 280 g/mol. The van der Waals surface area contributed by atoms with E-state index >= 15 is 0 Å². The molecule has 0 aliphatic carbocycles. The van der Waals surface area contributed by atoms with E-state index in [9.17, 15) is 4.79 Å². The Bertz CT molecular complexity index is 427.